The summed E-state index contributed by atoms with van der Waals surface area (Å²) in [6, 6.07) is 4.17. The maximum Gasteiger partial charge on any atom is 0.247 e. The van der Waals surface area contributed by atoms with Crippen LogP contribution in [0.5, 0.6) is 0 Å². The Labute approximate surface area is 113 Å². The second-order valence-corrected chi connectivity index (χ2v) is 5.96. The molecule has 0 aliphatic carbocycles. The summed E-state index contributed by atoms with van der Waals surface area (Å²) in [6.45, 7) is 0.831. The van der Waals surface area contributed by atoms with Gasteiger partial charge in [-0.2, -0.15) is 0 Å². The summed E-state index contributed by atoms with van der Waals surface area (Å²) in [5.41, 5.74) is 0. The third-order valence-electron chi connectivity index (χ3n) is 2.97. The van der Waals surface area contributed by atoms with Gasteiger partial charge in [-0.3, -0.25) is 4.79 Å². The lowest BCUT2D eigenvalue weighted by atomic mass is 10.0. The molecule has 2 aromatic rings. The molecule has 0 N–H and O–H groups in total. The van der Waals surface area contributed by atoms with Gasteiger partial charge < -0.3 is 4.90 Å². The topological polar surface area (TPSA) is 33.2 Å². The molecule has 3 nitrogen and oxygen atoms in total. The number of rotatable bonds is 3. The summed E-state index contributed by atoms with van der Waals surface area (Å²) in [6.07, 6.45) is 6.35. The van der Waals surface area contributed by atoms with Crippen molar-refractivity contribution >= 4 is 34.7 Å². The van der Waals surface area contributed by atoms with Crippen LogP contribution in [-0.2, 0) is 4.79 Å². The Morgan fingerprint density at radius 2 is 2.39 bits per heavy atom. The lowest BCUT2D eigenvalue weighted by Crippen LogP contribution is -2.44. The van der Waals surface area contributed by atoms with Gasteiger partial charge in [0.1, 0.15) is 5.01 Å². The van der Waals surface area contributed by atoms with E-state index in [4.69, 9.17) is 0 Å². The molecule has 0 bridgehead atoms. The van der Waals surface area contributed by atoms with E-state index in [1.54, 1.807) is 34.9 Å². The molecule has 1 aliphatic heterocycles. The van der Waals surface area contributed by atoms with E-state index in [1.807, 2.05) is 33.9 Å². The number of hydrogen-bond donors (Lipinski definition) is 0. The van der Waals surface area contributed by atoms with Gasteiger partial charge in [0.25, 0.3) is 0 Å². The monoisotopic (exact) mass is 276 g/mol. The highest BCUT2D eigenvalue weighted by Crippen LogP contribution is 2.34. The molecule has 0 spiro atoms. The number of thiazole rings is 1. The Bertz CT molecular complexity index is 546. The zero-order valence-corrected chi connectivity index (χ0v) is 11.3. The minimum absolute atomic E-state index is 0.0786. The van der Waals surface area contributed by atoms with E-state index < -0.39 is 0 Å². The van der Waals surface area contributed by atoms with E-state index in [2.05, 4.69) is 4.98 Å². The van der Waals surface area contributed by atoms with E-state index in [0.29, 0.717) is 0 Å². The van der Waals surface area contributed by atoms with Crippen LogP contribution in [0.1, 0.15) is 22.3 Å². The van der Waals surface area contributed by atoms with Crippen LogP contribution in [0.4, 0.5) is 0 Å². The fourth-order valence-electron chi connectivity index (χ4n) is 1.94. The lowest BCUT2D eigenvalue weighted by molar-refractivity contribution is -0.133. The van der Waals surface area contributed by atoms with Gasteiger partial charge >= 0.3 is 0 Å². The molecular weight excluding hydrogens is 264 g/mol. The van der Waals surface area contributed by atoms with Gasteiger partial charge in [-0.05, 0) is 23.9 Å². The fraction of sp³-hybridized carbons (Fsp3) is 0.231. The zero-order valence-electron chi connectivity index (χ0n) is 9.65. The summed E-state index contributed by atoms with van der Waals surface area (Å²) >= 11 is 3.25. The summed E-state index contributed by atoms with van der Waals surface area (Å²) in [5, 5.41) is 5.00. The maximum absolute atomic E-state index is 12.0. The van der Waals surface area contributed by atoms with Crippen LogP contribution in [0.3, 0.4) is 0 Å². The van der Waals surface area contributed by atoms with E-state index in [9.17, 15) is 4.79 Å². The predicted octanol–water partition coefficient (Wildman–Crippen LogP) is 3.19. The first kappa shape index (κ1) is 11.6. The molecule has 92 valence electrons. The average molecular weight is 276 g/mol. The Kier molecular flexibility index (Phi) is 3.25. The van der Waals surface area contributed by atoms with Gasteiger partial charge in [0, 0.05) is 29.1 Å². The number of carbonyl (C=O) groups is 1. The molecule has 1 fully saturated rings. The molecule has 1 amide bonds. The number of amides is 1. The number of hydrogen-bond acceptors (Lipinski definition) is 4. The lowest BCUT2D eigenvalue weighted by Gasteiger charge is -2.39. The molecule has 0 saturated carbocycles. The van der Waals surface area contributed by atoms with E-state index in [1.165, 1.54) is 0 Å². The molecule has 1 atom stereocenters. The first-order valence-electron chi connectivity index (χ1n) is 5.76. The summed E-state index contributed by atoms with van der Waals surface area (Å²) in [5.74, 6) is 0.0786. The first-order chi connectivity index (χ1) is 8.84. The quantitative estimate of drug-likeness (QED) is 0.807. The third-order valence-corrected chi connectivity index (χ3v) is 4.69. The summed E-state index contributed by atoms with van der Waals surface area (Å²) in [7, 11) is 0. The van der Waals surface area contributed by atoms with Gasteiger partial charge in [-0.1, -0.05) is 6.07 Å². The SMILES string of the molecule is O=C(/C=C/c1cccs1)N1CCC1c1nccs1. The molecule has 1 unspecified atom stereocenters. The molecule has 2 aromatic heterocycles. The molecular formula is C13H12N2OS2. The van der Waals surface area contributed by atoms with Crippen molar-refractivity contribution in [3.05, 3.63) is 45.1 Å². The first-order valence-corrected chi connectivity index (χ1v) is 7.52. The highest BCUT2D eigenvalue weighted by molar-refractivity contribution is 7.10. The number of aromatic nitrogens is 1. The minimum Gasteiger partial charge on any atom is -0.330 e. The van der Waals surface area contributed by atoms with Crippen LogP contribution in [-0.4, -0.2) is 22.3 Å². The molecule has 3 heterocycles. The van der Waals surface area contributed by atoms with Gasteiger partial charge in [0.2, 0.25) is 5.91 Å². The molecule has 0 aromatic carbocycles. The molecule has 3 rings (SSSR count). The van der Waals surface area contributed by atoms with Crippen molar-refractivity contribution in [3.63, 3.8) is 0 Å². The van der Waals surface area contributed by atoms with Crippen LogP contribution in [0.2, 0.25) is 0 Å². The van der Waals surface area contributed by atoms with Crippen molar-refractivity contribution in [2.24, 2.45) is 0 Å². The van der Waals surface area contributed by atoms with Crippen molar-refractivity contribution in [2.75, 3.05) is 6.54 Å². The van der Waals surface area contributed by atoms with Crippen LogP contribution in [0.25, 0.3) is 6.08 Å². The van der Waals surface area contributed by atoms with Crippen molar-refractivity contribution in [1.82, 2.24) is 9.88 Å². The van der Waals surface area contributed by atoms with E-state index >= 15 is 0 Å². The highest BCUT2D eigenvalue weighted by atomic mass is 32.1. The Balaban J connectivity index is 1.67. The Morgan fingerprint density at radius 1 is 1.44 bits per heavy atom. The van der Waals surface area contributed by atoms with Crippen LogP contribution in [0.15, 0.2) is 35.2 Å². The number of likely N-dealkylation sites (tertiary alicyclic amines) is 1. The van der Waals surface area contributed by atoms with Gasteiger partial charge in [0.15, 0.2) is 0 Å². The molecule has 1 aliphatic rings. The van der Waals surface area contributed by atoms with Gasteiger partial charge in [-0.15, -0.1) is 22.7 Å². The normalized spacial score (nSPS) is 19.1. The van der Waals surface area contributed by atoms with Crippen molar-refractivity contribution in [3.8, 4) is 0 Å². The summed E-state index contributed by atoms with van der Waals surface area (Å²) < 4.78 is 0. The standard InChI is InChI=1S/C13H12N2OS2/c16-12(4-3-10-2-1-8-17-10)15-7-5-11(15)13-14-6-9-18-13/h1-4,6,8-9,11H,5,7H2/b4-3+. The van der Waals surface area contributed by atoms with Gasteiger partial charge in [-0.25, -0.2) is 4.98 Å². The predicted molar refractivity (Wildman–Crippen MR) is 74.5 cm³/mol. The van der Waals surface area contributed by atoms with Crippen molar-refractivity contribution < 1.29 is 4.79 Å². The molecule has 18 heavy (non-hydrogen) atoms. The molecule has 1 saturated heterocycles. The second-order valence-electron chi connectivity index (χ2n) is 4.06. The number of thiophene rings is 1. The third kappa shape index (κ3) is 2.23. The average Bonchev–Trinajstić information content (AvgIpc) is 2.97. The van der Waals surface area contributed by atoms with E-state index in [0.717, 1.165) is 22.9 Å². The second kappa shape index (κ2) is 5.04. The van der Waals surface area contributed by atoms with Gasteiger partial charge in [0.05, 0.1) is 6.04 Å². The zero-order chi connectivity index (χ0) is 12.4. The van der Waals surface area contributed by atoms with Crippen LogP contribution < -0.4 is 0 Å². The largest absolute Gasteiger partial charge is 0.330 e. The minimum atomic E-state index is 0.0786. The fourth-order valence-corrected chi connectivity index (χ4v) is 3.35. The van der Waals surface area contributed by atoms with Crippen molar-refractivity contribution in [1.29, 1.82) is 0 Å². The highest BCUT2D eigenvalue weighted by Gasteiger charge is 2.33. The molecule has 5 heteroatoms. The van der Waals surface area contributed by atoms with Crippen molar-refractivity contribution in [2.45, 2.75) is 12.5 Å². The smallest absolute Gasteiger partial charge is 0.247 e. The number of nitrogens with zero attached hydrogens (tertiary/aromatic N) is 2. The van der Waals surface area contributed by atoms with Crippen LogP contribution in [0, 0.1) is 0 Å². The summed E-state index contributed by atoms with van der Waals surface area (Å²) in [4.78, 5) is 19.3. The Morgan fingerprint density at radius 3 is 3.00 bits per heavy atom. The Hall–Kier alpha value is -1.46. The maximum atomic E-state index is 12.0. The van der Waals surface area contributed by atoms with Crippen LogP contribution >= 0.6 is 22.7 Å². The number of carbonyl (C=O) groups excluding carboxylic acids is 1. The molecule has 0 radical (unpaired) electrons. The van der Waals surface area contributed by atoms with E-state index in [-0.39, 0.29) is 11.9 Å².